The number of fused-ring (bicyclic) bond motifs is 1. The van der Waals surface area contributed by atoms with Crippen LogP contribution in [0.2, 0.25) is 0 Å². The minimum atomic E-state index is -1.19. The number of aromatic nitrogens is 1. The summed E-state index contributed by atoms with van der Waals surface area (Å²) < 4.78 is 0. The van der Waals surface area contributed by atoms with E-state index in [-0.39, 0.29) is 51.0 Å². The molecule has 1 aromatic heterocycles. The minimum absolute atomic E-state index is 0.0679. The van der Waals surface area contributed by atoms with E-state index in [1.54, 1.807) is 20.0 Å². The topological polar surface area (TPSA) is 315 Å². The number of amides is 5. The molecule has 1 heterocycles. The summed E-state index contributed by atoms with van der Waals surface area (Å²) in [4.78, 5) is 87.3. The Morgan fingerprint density at radius 1 is 0.741 bits per heavy atom. The Morgan fingerprint density at radius 3 is 1.84 bits per heavy atom. The first-order chi connectivity index (χ1) is 27.6. The maximum atomic E-state index is 14.0. The number of rotatable bonds is 28. The van der Waals surface area contributed by atoms with Gasteiger partial charge in [-0.1, -0.05) is 32.0 Å². The van der Waals surface area contributed by atoms with Gasteiger partial charge in [0.2, 0.25) is 29.5 Å². The van der Waals surface area contributed by atoms with Gasteiger partial charge in [-0.15, -0.1) is 0 Å². The van der Waals surface area contributed by atoms with Crippen molar-refractivity contribution in [3.8, 4) is 0 Å². The Morgan fingerprint density at radius 2 is 1.28 bits per heavy atom. The first kappa shape index (κ1) is 49.6. The number of hydrogen-bond acceptors (Lipinski definition) is 11. The number of benzene rings is 1. The number of aliphatic imine (C=N–C) groups is 1. The van der Waals surface area contributed by atoms with Crippen LogP contribution in [0.3, 0.4) is 0 Å². The van der Waals surface area contributed by atoms with E-state index >= 15 is 0 Å². The fraction of sp³-hybridized carbons (Fsp3) is 0.605. The highest BCUT2D eigenvalue weighted by Gasteiger charge is 2.33. The van der Waals surface area contributed by atoms with Crippen molar-refractivity contribution in [2.24, 2.45) is 33.8 Å². The second-order valence-electron chi connectivity index (χ2n) is 14.3. The van der Waals surface area contributed by atoms with Crippen molar-refractivity contribution in [1.29, 1.82) is 0 Å². The van der Waals surface area contributed by atoms with Crippen LogP contribution in [-0.2, 0) is 35.2 Å². The maximum absolute atomic E-state index is 14.0. The van der Waals surface area contributed by atoms with Crippen molar-refractivity contribution >= 4 is 75.9 Å². The lowest BCUT2D eigenvalue weighted by Crippen LogP contribution is -2.60. The largest absolute Gasteiger partial charge is 0.480 e. The normalized spacial score (nSPS) is 14.3. The summed E-state index contributed by atoms with van der Waals surface area (Å²) >= 11 is 2.88. The van der Waals surface area contributed by atoms with Gasteiger partial charge in [0.1, 0.15) is 30.2 Å². The van der Waals surface area contributed by atoms with E-state index in [1.807, 2.05) is 36.8 Å². The first-order valence-electron chi connectivity index (χ1n) is 19.4. The van der Waals surface area contributed by atoms with E-state index in [0.717, 1.165) is 16.5 Å². The molecule has 1 aromatic carbocycles. The molecule has 2 rings (SSSR count). The number of hydrogen-bond donors (Lipinski definition) is 11. The number of para-hydroxylation sites is 1. The summed E-state index contributed by atoms with van der Waals surface area (Å²) in [5.41, 5.74) is 24.8. The van der Waals surface area contributed by atoms with Gasteiger partial charge in [-0.3, -0.25) is 29.0 Å². The van der Waals surface area contributed by atoms with Crippen molar-refractivity contribution in [2.45, 2.75) is 101 Å². The zero-order valence-electron chi connectivity index (χ0n) is 33.9. The molecule has 0 aliphatic carbocycles. The summed E-state index contributed by atoms with van der Waals surface area (Å²) in [5, 5.41) is 24.1. The number of H-pyrrole nitrogens is 1. The summed E-state index contributed by atoms with van der Waals surface area (Å²) in [6.45, 7) is 3.93. The van der Waals surface area contributed by atoms with Crippen molar-refractivity contribution in [3.63, 3.8) is 0 Å². The van der Waals surface area contributed by atoms with Crippen molar-refractivity contribution in [2.75, 3.05) is 37.1 Å². The number of nitrogens with two attached hydrogens (primary N) is 4. The number of aliphatic carboxylic acids is 1. The van der Waals surface area contributed by atoms with Crippen LogP contribution in [0.4, 0.5) is 0 Å². The van der Waals surface area contributed by atoms with Gasteiger partial charge in [0, 0.05) is 23.6 Å². The molecule has 0 radical (unpaired) electrons. The van der Waals surface area contributed by atoms with Crippen LogP contribution in [0.1, 0.15) is 64.4 Å². The molecule has 5 amide bonds. The number of carboxylic acids is 1. The van der Waals surface area contributed by atoms with Gasteiger partial charge in [0.15, 0.2) is 5.96 Å². The second kappa shape index (κ2) is 26.5. The zero-order chi connectivity index (χ0) is 43.2. The molecule has 6 atom stereocenters. The predicted octanol–water partition coefficient (Wildman–Crippen LogP) is -0.109. The number of thioether (sulfide) groups is 2. The Kier molecular flexibility index (Phi) is 22.6. The molecule has 0 unspecified atom stereocenters. The van der Waals surface area contributed by atoms with Gasteiger partial charge >= 0.3 is 5.97 Å². The Balaban J connectivity index is 2.29. The zero-order valence-corrected chi connectivity index (χ0v) is 35.5. The van der Waals surface area contributed by atoms with Crippen LogP contribution in [0, 0.1) is 5.92 Å². The fourth-order valence-electron chi connectivity index (χ4n) is 6.04. The predicted molar refractivity (Wildman–Crippen MR) is 231 cm³/mol. The molecular formula is C38H63N11O7S2. The van der Waals surface area contributed by atoms with Crippen LogP contribution in [-0.4, -0.2) is 125 Å². The quantitative estimate of drug-likeness (QED) is 0.0303. The Labute approximate surface area is 348 Å². The van der Waals surface area contributed by atoms with Crippen LogP contribution in [0.5, 0.6) is 0 Å². The SMILES string of the molecule is CSCC[C@H](NC(=O)[C@H](CCCN=C(N)N)NC(=O)[C@H](CCCCN)NC(=O)[C@@H](N)Cc1c[nH]c2ccccc12)C(=O)N[C@H](C(=O)N[C@H](CCSC)C(=O)O)C(C)C. The van der Waals surface area contributed by atoms with E-state index in [4.69, 9.17) is 22.9 Å². The third kappa shape index (κ3) is 17.1. The van der Waals surface area contributed by atoms with Gasteiger partial charge in [0.25, 0.3) is 0 Å². The van der Waals surface area contributed by atoms with Crippen LogP contribution >= 0.6 is 23.5 Å². The third-order valence-electron chi connectivity index (χ3n) is 9.33. The number of aromatic amines is 1. The number of carbonyl (C=O) groups excluding carboxylic acids is 5. The summed E-state index contributed by atoms with van der Waals surface area (Å²) in [6.07, 6.45) is 7.67. The molecule has 0 bridgehead atoms. The lowest BCUT2D eigenvalue weighted by Gasteiger charge is -2.28. The van der Waals surface area contributed by atoms with E-state index in [0.29, 0.717) is 30.9 Å². The molecule has 324 valence electrons. The van der Waals surface area contributed by atoms with Crippen molar-refractivity contribution < 1.29 is 33.9 Å². The standard InChI is InChI=1S/C38H63N11O7S2/c1-22(2)31(36(54)48-30(37(55)56)15-19-58-4)49-35(53)29(14-18-57-3)47-34(52)28(13-9-17-43-38(41)42)46-33(51)27(12-7-8-16-39)45-32(50)25(40)20-23-21-44-26-11-6-5-10-24(23)26/h5-6,10-11,21-22,25,27-31,44H,7-9,12-20,39-40H2,1-4H3,(H,45,50)(H,46,51)(H,47,52)(H,48,54)(H,49,53)(H,55,56)(H4,41,42,43)/t25-,27-,28-,29-,30+,31-/m0/s1. The van der Waals surface area contributed by atoms with Gasteiger partial charge < -0.3 is 59.6 Å². The molecule has 0 spiro atoms. The average molecular weight is 850 g/mol. The average Bonchev–Trinajstić information content (AvgIpc) is 3.59. The molecule has 0 saturated heterocycles. The highest BCUT2D eigenvalue weighted by Crippen LogP contribution is 2.19. The van der Waals surface area contributed by atoms with Gasteiger partial charge in [-0.05, 0) is 99.5 Å². The number of nitrogens with one attached hydrogen (secondary N) is 6. The molecule has 0 aliphatic rings. The van der Waals surface area contributed by atoms with Crippen LogP contribution in [0.25, 0.3) is 10.9 Å². The lowest BCUT2D eigenvalue weighted by atomic mass is 10.0. The summed E-state index contributed by atoms with van der Waals surface area (Å²) in [6, 6.07) is 1.01. The van der Waals surface area contributed by atoms with Crippen molar-refractivity contribution in [1.82, 2.24) is 31.6 Å². The second-order valence-corrected chi connectivity index (χ2v) is 16.3. The first-order valence-corrected chi connectivity index (χ1v) is 22.2. The van der Waals surface area contributed by atoms with Crippen LogP contribution in [0.15, 0.2) is 35.5 Å². The number of carbonyl (C=O) groups is 6. The number of carboxylic acid groups (broad SMARTS) is 1. The molecule has 58 heavy (non-hydrogen) atoms. The molecule has 0 fully saturated rings. The summed E-state index contributed by atoms with van der Waals surface area (Å²) in [7, 11) is 0. The molecule has 15 N–H and O–H groups in total. The van der Waals surface area contributed by atoms with Gasteiger partial charge in [-0.25, -0.2) is 4.79 Å². The van der Waals surface area contributed by atoms with E-state index < -0.39 is 77.7 Å². The van der Waals surface area contributed by atoms with Gasteiger partial charge in [0.05, 0.1) is 6.04 Å². The molecule has 20 heteroatoms. The Hall–Kier alpha value is -4.53. The highest BCUT2D eigenvalue weighted by molar-refractivity contribution is 7.98. The third-order valence-corrected chi connectivity index (χ3v) is 10.6. The smallest absolute Gasteiger partial charge is 0.326 e. The summed E-state index contributed by atoms with van der Waals surface area (Å²) in [5.74, 6) is -4.00. The van der Waals surface area contributed by atoms with E-state index in [9.17, 15) is 33.9 Å². The number of nitrogens with zero attached hydrogens (tertiary/aromatic N) is 1. The molecule has 2 aromatic rings. The van der Waals surface area contributed by atoms with Crippen molar-refractivity contribution in [3.05, 3.63) is 36.0 Å². The molecule has 18 nitrogen and oxygen atoms in total. The number of guanidine groups is 1. The lowest BCUT2D eigenvalue weighted by molar-refractivity contribution is -0.142. The number of unbranched alkanes of at least 4 members (excludes halogenated alkanes) is 1. The molecule has 0 aliphatic heterocycles. The molecule has 0 saturated carbocycles. The van der Waals surface area contributed by atoms with E-state index in [2.05, 4.69) is 36.6 Å². The fourth-order valence-corrected chi connectivity index (χ4v) is 6.98. The van der Waals surface area contributed by atoms with Gasteiger partial charge in [-0.2, -0.15) is 23.5 Å². The monoisotopic (exact) mass is 849 g/mol. The van der Waals surface area contributed by atoms with E-state index in [1.165, 1.54) is 23.5 Å². The Bertz CT molecular complexity index is 1670. The minimum Gasteiger partial charge on any atom is -0.480 e. The molecular weight excluding hydrogens is 787 g/mol. The highest BCUT2D eigenvalue weighted by atomic mass is 32.2. The van der Waals surface area contributed by atoms with Crippen LogP contribution < -0.4 is 49.5 Å². The maximum Gasteiger partial charge on any atom is 0.326 e.